The summed E-state index contributed by atoms with van der Waals surface area (Å²) in [6.07, 6.45) is 3.88. The monoisotopic (exact) mass is 427 g/mol. The fraction of sp³-hybridized carbons (Fsp3) is 0.167. The van der Waals surface area contributed by atoms with Crippen LogP contribution in [0.3, 0.4) is 0 Å². The quantitative estimate of drug-likeness (QED) is 0.790. The Bertz CT molecular complexity index is 1220. The lowest BCUT2D eigenvalue weighted by atomic mass is 9.90. The summed E-state index contributed by atoms with van der Waals surface area (Å²) in [6, 6.07) is 11.8. The number of aliphatic imine (C=N–C) groups is 1. The van der Waals surface area contributed by atoms with E-state index < -0.39 is 5.92 Å². The first kappa shape index (κ1) is 20.6. The van der Waals surface area contributed by atoms with Crippen LogP contribution in [0, 0.1) is 11.3 Å². The third-order valence-corrected chi connectivity index (χ3v) is 6.43. The number of amides is 1. The van der Waals surface area contributed by atoms with Crippen molar-refractivity contribution >= 4 is 34.8 Å². The molecule has 0 bridgehead atoms. The topological polar surface area (TPSA) is 95.4 Å². The van der Waals surface area contributed by atoms with Gasteiger partial charge in [-0.25, -0.2) is 4.99 Å². The molecule has 4 rings (SSSR count). The number of pyridine rings is 1. The van der Waals surface area contributed by atoms with Crippen molar-refractivity contribution in [3.8, 4) is 6.07 Å². The summed E-state index contributed by atoms with van der Waals surface area (Å²) in [5.74, 6) is -0.458. The third-order valence-electron chi connectivity index (χ3n) is 5.38. The van der Waals surface area contributed by atoms with E-state index >= 15 is 0 Å². The summed E-state index contributed by atoms with van der Waals surface area (Å²) in [4.78, 5) is 24.3. The predicted octanol–water partition coefficient (Wildman–Crippen LogP) is 4.25. The van der Waals surface area contributed by atoms with Gasteiger partial charge in [0.25, 0.3) is 0 Å². The van der Waals surface area contributed by atoms with Gasteiger partial charge in [-0.1, -0.05) is 48.2 Å². The zero-order valence-electron chi connectivity index (χ0n) is 17.3. The van der Waals surface area contributed by atoms with Crippen molar-refractivity contribution in [2.24, 2.45) is 10.7 Å². The van der Waals surface area contributed by atoms with E-state index in [0.717, 1.165) is 32.7 Å². The predicted molar refractivity (Wildman–Crippen MR) is 124 cm³/mol. The molecule has 0 aliphatic carbocycles. The molecule has 2 aliphatic heterocycles. The maximum absolute atomic E-state index is 13.2. The first-order valence-corrected chi connectivity index (χ1v) is 10.6. The molecule has 0 fully saturated rings. The van der Waals surface area contributed by atoms with Gasteiger partial charge in [0.05, 0.1) is 11.3 Å². The second kappa shape index (κ2) is 8.25. The van der Waals surface area contributed by atoms with Crippen LogP contribution in [-0.4, -0.2) is 28.8 Å². The minimum Gasteiger partial charge on any atom is -0.369 e. The van der Waals surface area contributed by atoms with Gasteiger partial charge in [-0.2, -0.15) is 5.26 Å². The van der Waals surface area contributed by atoms with Crippen LogP contribution in [0.15, 0.2) is 70.3 Å². The van der Waals surface area contributed by atoms with E-state index in [4.69, 9.17) is 11.0 Å². The highest BCUT2D eigenvalue weighted by atomic mass is 32.2. The molecule has 1 aromatic carbocycles. The van der Waals surface area contributed by atoms with Crippen LogP contribution in [0.25, 0.3) is 11.1 Å². The Balaban J connectivity index is 1.73. The summed E-state index contributed by atoms with van der Waals surface area (Å²) in [6.45, 7) is 5.92. The van der Waals surface area contributed by atoms with Crippen LogP contribution in [-0.2, 0) is 4.79 Å². The molecule has 1 atom stereocenters. The van der Waals surface area contributed by atoms with Gasteiger partial charge >= 0.3 is 0 Å². The number of nitrogens with two attached hydrogens (primary N) is 1. The van der Waals surface area contributed by atoms with Gasteiger partial charge in [-0.15, -0.1) is 0 Å². The number of benzene rings is 1. The third kappa shape index (κ3) is 3.90. The second-order valence-corrected chi connectivity index (χ2v) is 8.49. The molecule has 3 heterocycles. The molecule has 6 nitrogen and oxygen atoms in total. The van der Waals surface area contributed by atoms with Crippen molar-refractivity contribution < 1.29 is 4.79 Å². The van der Waals surface area contributed by atoms with Gasteiger partial charge in [0, 0.05) is 30.8 Å². The Morgan fingerprint density at radius 3 is 2.74 bits per heavy atom. The normalized spacial score (nSPS) is 20.9. The number of hydrogen-bond donors (Lipinski definition) is 1. The average Bonchev–Trinajstić information content (AvgIpc) is 3.27. The minimum atomic E-state index is -0.532. The summed E-state index contributed by atoms with van der Waals surface area (Å²) in [7, 11) is 1.64. The zero-order valence-corrected chi connectivity index (χ0v) is 18.1. The molecule has 1 aromatic heterocycles. The van der Waals surface area contributed by atoms with Crippen molar-refractivity contribution in [3.63, 3.8) is 0 Å². The Morgan fingerprint density at radius 2 is 2.06 bits per heavy atom. The van der Waals surface area contributed by atoms with Gasteiger partial charge < -0.3 is 5.73 Å². The number of hydrogen-bond acceptors (Lipinski definition) is 6. The van der Waals surface area contributed by atoms with Crippen molar-refractivity contribution in [2.45, 2.75) is 19.3 Å². The van der Waals surface area contributed by atoms with Gasteiger partial charge in [0.2, 0.25) is 11.9 Å². The molecule has 0 unspecified atom stereocenters. The molecule has 0 radical (unpaired) electrons. The van der Waals surface area contributed by atoms with E-state index in [1.54, 1.807) is 13.2 Å². The maximum atomic E-state index is 13.2. The van der Waals surface area contributed by atoms with E-state index in [1.807, 2.05) is 42.7 Å². The number of likely N-dealkylation sites (N-methyl/N-ethyl adjacent to an activating group) is 1. The van der Waals surface area contributed by atoms with Gasteiger partial charge in [0.15, 0.2) is 0 Å². The van der Waals surface area contributed by atoms with Crippen LogP contribution >= 0.6 is 11.8 Å². The highest BCUT2D eigenvalue weighted by Crippen LogP contribution is 2.45. The lowest BCUT2D eigenvalue weighted by Crippen LogP contribution is -2.45. The minimum absolute atomic E-state index is 0.111. The first-order chi connectivity index (χ1) is 14.9. The zero-order chi connectivity index (χ0) is 22.1. The highest BCUT2D eigenvalue weighted by molar-refractivity contribution is 8.06. The van der Waals surface area contributed by atoms with E-state index in [-0.39, 0.29) is 11.9 Å². The van der Waals surface area contributed by atoms with Gasteiger partial charge in [-0.3, -0.25) is 14.7 Å². The largest absolute Gasteiger partial charge is 0.369 e. The number of thioether (sulfide) groups is 1. The molecule has 0 saturated heterocycles. The molecule has 1 amide bonds. The Hall–Kier alpha value is -3.63. The van der Waals surface area contributed by atoms with Crippen LogP contribution in [0.4, 0.5) is 0 Å². The van der Waals surface area contributed by atoms with Crippen LogP contribution in [0.2, 0.25) is 0 Å². The molecule has 0 saturated carbocycles. The lowest BCUT2D eigenvalue weighted by Gasteiger charge is -2.30. The van der Waals surface area contributed by atoms with Crippen molar-refractivity contribution in [1.82, 2.24) is 9.88 Å². The van der Waals surface area contributed by atoms with Crippen LogP contribution < -0.4 is 5.73 Å². The van der Waals surface area contributed by atoms with Crippen LogP contribution in [0.1, 0.15) is 41.5 Å². The van der Waals surface area contributed by atoms with Crippen molar-refractivity contribution in [3.05, 3.63) is 87.6 Å². The summed E-state index contributed by atoms with van der Waals surface area (Å²) in [5, 5.41) is 11.2. The number of allylic oxidation sites excluding steroid dienone is 3. The number of carbonyl (C=O) groups is 1. The van der Waals surface area contributed by atoms with Gasteiger partial charge in [0.1, 0.15) is 12.0 Å². The van der Waals surface area contributed by atoms with E-state index in [2.05, 4.69) is 22.6 Å². The summed E-state index contributed by atoms with van der Waals surface area (Å²) >= 11 is 1.54. The molecule has 31 heavy (non-hydrogen) atoms. The molecule has 2 aliphatic rings. The smallest absolute Gasteiger partial charge is 0.242 e. The molecule has 154 valence electrons. The van der Waals surface area contributed by atoms with Gasteiger partial charge in [-0.05, 0) is 40.7 Å². The number of carbonyl (C=O) groups excluding carboxylic acids is 1. The van der Waals surface area contributed by atoms with Crippen molar-refractivity contribution in [1.29, 1.82) is 5.26 Å². The molecule has 2 aromatic rings. The van der Waals surface area contributed by atoms with Crippen molar-refractivity contribution in [2.75, 3.05) is 7.05 Å². The van der Waals surface area contributed by atoms with Crippen LogP contribution in [0.5, 0.6) is 0 Å². The molecular weight excluding hydrogens is 406 g/mol. The average molecular weight is 428 g/mol. The summed E-state index contributed by atoms with van der Waals surface area (Å²) in [5.41, 5.74) is 12.0. The highest BCUT2D eigenvalue weighted by Gasteiger charge is 2.36. The standard InChI is InChI=1S/C24H21N5OS/c1-14(2)16-4-6-17(7-5-16)21-22(28-24(26)29(3)23(21)30)20-9-19(13-31-20)18-8-15(10-25)11-27-12-18/h4-8,11-13,21H,1,9H2,2-3H3,(H2,26,28)/b22-20+/t21-/m1/s1. The number of nitriles is 1. The lowest BCUT2D eigenvalue weighted by molar-refractivity contribution is -0.127. The first-order valence-electron chi connectivity index (χ1n) is 9.71. The van der Waals surface area contributed by atoms with E-state index in [0.29, 0.717) is 17.7 Å². The fourth-order valence-electron chi connectivity index (χ4n) is 3.57. The maximum Gasteiger partial charge on any atom is 0.242 e. The molecule has 2 N–H and O–H groups in total. The second-order valence-electron chi connectivity index (χ2n) is 7.52. The summed E-state index contributed by atoms with van der Waals surface area (Å²) < 4.78 is 0. The SMILES string of the molecule is C=C(C)c1ccc([C@H]2C(=O)N(C)C(N)=N/C2=C2\CC(c3cncc(C#N)c3)=CS2)cc1. The number of aromatic nitrogens is 1. The molecule has 7 heteroatoms. The molecule has 0 spiro atoms. The number of guanidine groups is 1. The molecular formula is C24H21N5OS. The number of rotatable bonds is 3. The Kier molecular flexibility index (Phi) is 5.49. The Morgan fingerprint density at radius 1 is 1.32 bits per heavy atom. The fourth-order valence-corrected chi connectivity index (χ4v) is 4.59. The van der Waals surface area contributed by atoms with E-state index in [9.17, 15) is 4.79 Å². The van der Waals surface area contributed by atoms with E-state index in [1.165, 1.54) is 22.9 Å². The Labute approximate surface area is 185 Å². The number of nitrogens with zero attached hydrogens (tertiary/aromatic N) is 4.